The first-order valence-electron chi connectivity index (χ1n) is 8.53. The average Bonchev–Trinajstić information content (AvgIpc) is 2.98. The highest BCUT2D eigenvalue weighted by molar-refractivity contribution is 7.09. The van der Waals surface area contributed by atoms with E-state index in [9.17, 15) is 4.79 Å². The number of aromatic nitrogens is 1. The molecule has 0 radical (unpaired) electrons. The Kier molecular flexibility index (Phi) is 7.16. The Hall–Kier alpha value is -1.02. The lowest BCUT2D eigenvalue weighted by Gasteiger charge is -2.33. The molecule has 1 aliphatic heterocycles. The molecule has 0 unspecified atom stereocenters. The van der Waals surface area contributed by atoms with Gasteiger partial charge in [-0.2, -0.15) is 0 Å². The van der Waals surface area contributed by atoms with E-state index in [0.29, 0.717) is 19.7 Å². The Bertz CT molecular complexity index is 519. The third-order valence-corrected chi connectivity index (χ3v) is 4.97. The van der Waals surface area contributed by atoms with E-state index in [1.54, 1.807) is 18.4 Å². The van der Waals surface area contributed by atoms with Gasteiger partial charge >= 0.3 is 0 Å². The van der Waals surface area contributed by atoms with Crippen LogP contribution in [-0.4, -0.2) is 73.7 Å². The van der Waals surface area contributed by atoms with Gasteiger partial charge in [-0.15, -0.1) is 11.3 Å². The maximum Gasteiger partial charge on any atom is 0.234 e. The zero-order valence-electron chi connectivity index (χ0n) is 15.3. The zero-order valence-corrected chi connectivity index (χ0v) is 16.1. The van der Waals surface area contributed by atoms with Gasteiger partial charge in [0.2, 0.25) is 5.91 Å². The Morgan fingerprint density at radius 3 is 2.54 bits per heavy atom. The number of hydrogen-bond acceptors (Lipinski definition) is 6. The number of hydrogen-bond donors (Lipinski definition) is 1. The molecule has 0 aromatic carbocycles. The summed E-state index contributed by atoms with van der Waals surface area (Å²) in [6.07, 6.45) is 0. The number of carbonyl (C=O) groups excluding carboxylic acids is 1. The molecule has 6 nitrogen and oxygen atoms in total. The topological polar surface area (TPSA) is 57.7 Å². The van der Waals surface area contributed by atoms with Gasteiger partial charge in [0.25, 0.3) is 0 Å². The van der Waals surface area contributed by atoms with Crippen molar-refractivity contribution in [3.05, 3.63) is 16.1 Å². The minimum absolute atomic E-state index is 0.0789. The first kappa shape index (κ1) is 19.3. The van der Waals surface area contributed by atoms with E-state index in [1.807, 2.05) is 0 Å². The molecule has 2 heterocycles. The molecule has 1 aliphatic rings. The quantitative estimate of drug-likeness (QED) is 0.749. The molecule has 1 saturated heterocycles. The van der Waals surface area contributed by atoms with E-state index in [1.165, 1.54) is 10.7 Å². The second-order valence-corrected chi connectivity index (χ2v) is 8.21. The largest absolute Gasteiger partial charge is 0.383 e. The van der Waals surface area contributed by atoms with Gasteiger partial charge in [-0.25, -0.2) is 4.98 Å². The molecule has 136 valence electrons. The van der Waals surface area contributed by atoms with Crippen LogP contribution < -0.4 is 5.32 Å². The number of nitrogens with one attached hydrogen (secondary N) is 1. The number of rotatable bonds is 7. The van der Waals surface area contributed by atoms with Gasteiger partial charge in [0.1, 0.15) is 5.01 Å². The predicted octanol–water partition coefficient (Wildman–Crippen LogP) is 1.32. The maximum absolute atomic E-state index is 11.8. The number of amides is 1. The van der Waals surface area contributed by atoms with Crippen molar-refractivity contribution in [1.29, 1.82) is 0 Å². The van der Waals surface area contributed by atoms with Crippen LogP contribution in [0.25, 0.3) is 0 Å². The van der Waals surface area contributed by atoms with E-state index in [4.69, 9.17) is 9.72 Å². The SMILES string of the molecule is COCCNC(=O)CN1CCN(Cc2nc(C(C)(C)C)cs2)CC1. The molecule has 0 bridgehead atoms. The van der Waals surface area contributed by atoms with Gasteiger partial charge in [-0.05, 0) is 0 Å². The monoisotopic (exact) mass is 354 g/mol. The third-order valence-electron chi connectivity index (χ3n) is 4.14. The van der Waals surface area contributed by atoms with Crippen LogP contribution in [0.3, 0.4) is 0 Å². The Balaban J connectivity index is 1.71. The fourth-order valence-corrected chi connectivity index (χ4v) is 3.64. The first-order valence-corrected chi connectivity index (χ1v) is 9.41. The summed E-state index contributed by atoms with van der Waals surface area (Å²) in [4.78, 5) is 21.2. The van der Waals surface area contributed by atoms with Gasteiger partial charge in [0, 0.05) is 50.6 Å². The van der Waals surface area contributed by atoms with E-state index >= 15 is 0 Å². The van der Waals surface area contributed by atoms with E-state index in [0.717, 1.165) is 32.7 Å². The summed E-state index contributed by atoms with van der Waals surface area (Å²) in [6.45, 7) is 12.9. The standard InChI is InChI=1S/C17H30N4O2S/c1-17(2,3)14-13-24-16(19-14)12-21-8-6-20(7-9-21)11-15(22)18-5-10-23-4/h13H,5-12H2,1-4H3,(H,18,22). The van der Waals surface area contributed by atoms with Gasteiger partial charge in [0.05, 0.1) is 25.4 Å². The van der Waals surface area contributed by atoms with Crippen molar-refractivity contribution in [2.75, 3.05) is 53.0 Å². The minimum Gasteiger partial charge on any atom is -0.383 e. The highest BCUT2D eigenvalue weighted by atomic mass is 32.1. The smallest absolute Gasteiger partial charge is 0.234 e. The molecule has 0 atom stereocenters. The van der Waals surface area contributed by atoms with Crippen molar-refractivity contribution in [2.45, 2.75) is 32.7 Å². The van der Waals surface area contributed by atoms with E-state index in [2.05, 4.69) is 41.3 Å². The molecule has 1 aromatic rings. The van der Waals surface area contributed by atoms with E-state index in [-0.39, 0.29) is 11.3 Å². The fraction of sp³-hybridized carbons (Fsp3) is 0.765. The van der Waals surface area contributed by atoms with E-state index < -0.39 is 0 Å². The second-order valence-electron chi connectivity index (χ2n) is 7.27. The third kappa shape index (κ3) is 6.12. The number of nitrogens with zero attached hydrogens (tertiary/aromatic N) is 3. The minimum atomic E-state index is 0.0789. The van der Waals surface area contributed by atoms with Crippen molar-refractivity contribution in [3.63, 3.8) is 0 Å². The fourth-order valence-electron chi connectivity index (χ4n) is 2.58. The average molecular weight is 355 g/mol. The van der Waals surface area contributed by atoms with Crippen LogP contribution in [0.15, 0.2) is 5.38 Å². The van der Waals surface area contributed by atoms with Crippen LogP contribution >= 0.6 is 11.3 Å². The molecule has 1 aromatic heterocycles. The number of ether oxygens (including phenoxy) is 1. The number of methoxy groups -OCH3 is 1. The van der Waals surface area contributed by atoms with Crippen LogP contribution in [0.5, 0.6) is 0 Å². The second kappa shape index (κ2) is 8.89. The lowest BCUT2D eigenvalue weighted by Crippen LogP contribution is -2.49. The molecule has 2 rings (SSSR count). The maximum atomic E-state index is 11.8. The van der Waals surface area contributed by atoms with Crippen molar-refractivity contribution in [3.8, 4) is 0 Å². The lowest BCUT2D eigenvalue weighted by atomic mass is 9.93. The van der Waals surface area contributed by atoms with Crippen molar-refractivity contribution < 1.29 is 9.53 Å². The Morgan fingerprint density at radius 2 is 1.96 bits per heavy atom. The van der Waals surface area contributed by atoms with Crippen molar-refractivity contribution >= 4 is 17.2 Å². The van der Waals surface area contributed by atoms with Crippen molar-refractivity contribution in [1.82, 2.24) is 20.1 Å². The number of thiazole rings is 1. The molecule has 0 aliphatic carbocycles. The molecule has 1 amide bonds. The highest BCUT2D eigenvalue weighted by Crippen LogP contribution is 2.24. The number of piperazine rings is 1. The molecular formula is C17H30N4O2S. The highest BCUT2D eigenvalue weighted by Gasteiger charge is 2.21. The van der Waals surface area contributed by atoms with Crippen LogP contribution in [0.4, 0.5) is 0 Å². The summed E-state index contributed by atoms with van der Waals surface area (Å²) in [7, 11) is 1.64. The Labute approximate surface area is 149 Å². The van der Waals surface area contributed by atoms with Gasteiger partial charge in [-0.3, -0.25) is 14.6 Å². The summed E-state index contributed by atoms with van der Waals surface area (Å²) < 4.78 is 4.94. The molecule has 1 fully saturated rings. The van der Waals surface area contributed by atoms with Crippen LogP contribution in [0.1, 0.15) is 31.5 Å². The summed E-state index contributed by atoms with van der Waals surface area (Å²) in [5.41, 5.74) is 1.29. The predicted molar refractivity (Wildman–Crippen MR) is 97.4 cm³/mol. The Morgan fingerprint density at radius 1 is 1.29 bits per heavy atom. The summed E-state index contributed by atoms with van der Waals surface area (Å²) in [5, 5.41) is 6.23. The summed E-state index contributed by atoms with van der Waals surface area (Å²) in [5.74, 6) is 0.0789. The zero-order chi connectivity index (χ0) is 17.6. The van der Waals surface area contributed by atoms with Gasteiger partial charge < -0.3 is 10.1 Å². The molecule has 0 spiro atoms. The van der Waals surface area contributed by atoms with Crippen molar-refractivity contribution in [2.24, 2.45) is 0 Å². The molecular weight excluding hydrogens is 324 g/mol. The molecule has 24 heavy (non-hydrogen) atoms. The molecule has 1 N–H and O–H groups in total. The summed E-state index contributed by atoms with van der Waals surface area (Å²) >= 11 is 1.75. The summed E-state index contributed by atoms with van der Waals surface area (Å²) in [6, 6.07) is 0. The van der Waals surface area contributed by atoms with Gasteiger partial charge in [0.15, 0.2) is 0 Å². The molecule has 0 saturated carbocycles. The number of carbonyl (C=O) groups is 1. The van der Waals surface area contributed by atoms with Crippen LogP contribution in [0.2, 0.25) is 0 Å². The normalized spacial score (nSPS) is 17.2. The molecule has 7 heteroatoms. The lowest BCUT2D eigenvalue weighted by molar-refractivity contribution is -0.122. The van der Waals surface area contributed by atoms with Gasteiger partial charge in [-0.1, -0.05) is 20.8 Å². The first-order chi connectivity index (χ1) is 11.4. The van der Waals surface area contributed by atoms with Crippen LogP contribution in [-0.2, 0) is 21.5 Å². The van der Waals surface area contributed by atoms with Crippen LogP contribution in [0, 0.1) is 0 Å².